The third-order valence-electron chi connectivity index (χ3n) is 4.93. The van der Waals surface area contributed by atoms with E-state index in [0.717, 1.165) is 51.9 Å². The van der Waals surface area contributed by atoms with Gasteiger partial charge >= 0.3 is 0 Å². The highest BCUT2D eigenvalue weighted by molar-refractivity contribution is 9.10. The first-order chi connectivity index (χ1) is 12.1. The van der Waals surface area contributed by atoms with E-state index in [4.69, 9.17) is 10.5 Å². The predicted molar refractivity (Wildman–Crippen MR) is 103 cm³/mol. The number of pyridine rings is 1. The van der Waals surface area contributed by atoms with E-state index in [1.807, 2.05) is 18.2 Å². The fourth-order valence-corrected chi connectivity index (χ4v) is 4.15. The Bertz CT molecular complexity index is 842. The SMILES string of the molecule is CCCC1CCc2nc(N)c(C#N)c(-c3cc(Br)ccc3OC)c2C1. The van der Waals surface area contributed by atoms with Crippen LogP contribution in [0.15, 0.2) is 22.7 Å². The van der Waals surface area contributed by atoms with Gasteiger partial charge in [-0.15, -0.1) is 0 Å². The van der Waals surface area contributed by atoms with Gasteiger partial charge in [0.2, 0.25) is 0 Å². The van der Waals surface area contributed by atoms with Crippen LogP contribution in [0.3, 0.4) is 0 Å². The Balaban J connectivity index is 2.27. The van der Waals surface area contributed by atoms with E-state index >= 15 is 0 Å². The normalized spacial score (nSPS) is 16.2. The molecule has 0 fully saturated rings. The summed E-state index contributed by atoms with van der Waals surface area (Å²) in [5.41, 5.74) is 10.6. The van der Waals surface area contributed by atoms with E-state index in [1.54, 1.807) is 7.11 Å². The standard InChI is InChI=1S/C20H22BrN3O/c1-3-4-12-5-7-17-14(9-12)19(16(11-22)20(23)24-17)15-10-13(21)6-8-18(15)25-2/h6,8,10,12H,3-5,7,9H2,1-2H3,(H2,23,24). The van der Waals surface area contributed by atoms with E-state index < -0.39 is 0 Å². The Morgan fingerprint density at radius 3 is 2.92 bits per heavy atom. The Kier molecular flexibility index (Phi) is 5.29. The summed E-state index contributed by atoms with van der Waals surface area (Å²) in [4.78, 5) is 4.55. The third-order valence-corrected chi connectivity index (χ3v) is 5.43. The van der Waals surface area contributed by atoms with Crippen LogP contribution in [-0.2, 0) is 12.8 Å². The molecule has 3 rings (SSSR count). The molecule has 130 valence electrons. The zero-order chi connectivity index (χ0) is 18.0. The number of nitriles is 1. The lowest BCUT2D eigenvalue weighted by Gasteiger charge is -2.27. The van der Waals surface area contributed by atoms with Gasteiger partial charge in [-0.2, -0.15) is 5.26 Å². The maximum Gasteiger partial charge on any atom is 0.142 e. The third kappa shape index (κ3) is 3.36. The molecule has 0 saturated carbocycles. The largest absolute Gasteiger partial charge is 0.496 e. The van der Waals surface area contributed by atoms with Crippen LogP contribution >= 0.6 is 15.9 Å². The lowest BCUT2D eigenvalue weighted by molar-refractivity contribution is 0.414. The number of hydrogen-bond acceptors (Lipinski definition) is 4. The van der Waals surface area contributed by atoms with Crippen molar-refractivity contribution in [2.75, 3.05) is 12.8 Å². The number of rotatable bonds is 4. The molecule has 1 heterocycles. The molecular formula is C20H22BrN3O. The summed E-state index contributed by atoms with van der Waals surface area (Å²) in [6, 6.07) is 8.12. The molecule has 1 aromatic heterocycles. The van der Waals surface area contributed by atoms with Crippen molar-refractivity contribution in [1.82, 2.24) is 4.98 Å². The minimum Gasteiger partial charge on any atom is -0.496 e. The van der Waals surface area contributed by atoms with Crippen molar-refractivity contribution in [1.29, 1.82) is 5.26 Å². The van der Waals surface area contributed by atoms with Gasteiger partial charge in [-0.05, 0) is 48.9 Å². The van der Waals surface area contributed by atoms with Crippen molar-refractivity contribution >= 4 is 21.7 Å². The van der Waals surface area contributed by atoms with Crippen LogP contribution in [-0.4, -0.2) is 12.1 Å². The molecule has 0 bridgehead atoms. The van der Waals surface area contributed by atoms with Gasteiger partial charge in [-0.3, -0.25) is 0 Å². The van der Waals surface area contributed by atoms with E-state index in [2.05, 4.69) is 33.9 Å². The number of anilines is 1. The molecule has 1 atom stereocenters. The van der Waals surface area contributed by atoms with Gasteiger partial charge in [0.05, 0.1) is 7.11 Å². The minimum atomic E-state index is 0.312. The van der Waals surface area contributed by atoms with Crippen molar-refractivity contribution < 1.29 is 4.74 Å². The lowest BCUT2D eigenvalue weighted by atomic mass is 9.79. The highest BCUT2D eigenvalue weighted by Crippen LogP contribution is 2.42. The molecule has 5 heteroatoms. The summed E-state index contributed by atoms with van der Waals surface area (Å²) >= 11 is 3.54. The van der Waals surface area contributed by atoms with Gasteiger partial charge in [0.1, 0.15) is 23.2 Å². The molecule has 0 radical (unpaired) electrons. The molecule has 4 nitrogen and oxygen atoms in total. The van der Waals surface area contributed by atoms with E-state index in [-0.39, 0.29) is 0 Å². The molecule has 25 heavy (non-hydrogen) atoms. The van der Waals surface area contributed by atoms with Gasteiger partial charge < -0.3 is 10.5 Å². The number of methoxy groups -OCH3 is 1. The molecule has 0 spiro atoms. The minimum absolute atomic E-state index is 0.312. The molecule has 0 aliphatic heterocycles. The average molecular weight is 400 g/mol. The smallest absolute Gasteiger partial charge is 0.142 e. The zero-order valence-electron chi connectivity index (χ0n) is 14.6. The molecule has 0 saturated heterocycles. The van der Waals surface area contributed by atoms with Crippen molar-refractivity contribution in [2.24, 2.45) is 5.92 Å². The maximum atomic E-state index is 9.74. The highest BCUT2D eigenvalue weighted by atomic mass is 79.9. The Morgan fingerprint density at radius 2 is 2.24 bits per heavy atom. The molecule has 2 aromatic rings. The van der Waals surface area contributed by atoms with Crippen LogP contribution in [0.4, 0.5) is 5.82 Å². The quantitative estimate of drug-likeness (QED) is 0.794. The van der Waals surface area contributed by atoms with Crippen LogP contribution in [0, 0.1) is 17.2 Å². The number of halogens is 1. The molecule has 0 amide bonds. The first-order valence-electron chi connectivity index (χ1n) is 8.64. The van der Waals surface area contributed by atoms with Crippen LogP contribution in [0.2, 0.25) is 0 Å². The summed E-state index contributed by atoms with van der Waals surface area (Å²) in [5.74, 6) is 1.68. The maximum absolute atomic E-state index is 9.74. The summed E-state index contributed by atoms with van der Waals surface area (Å²) in [6.07, 6.45) is 5.35. The number of nitrogens with two attached hydrogens (primary N) is 1. The van der Waals surface area contributed by atoms with Crippen molar-refractivity contribution in [2.45, 2.75) is 39.0 Å². The summed E-state index contributed by atoms with van der Waals surface area (Å²) in [5, 5.41) is 9.74. The Morgan fingerprint density at radius 1 is 1.44 bits per heavy atom. The second kappa shape index (κ2) is 7.45. The molecule has 1 aliphatic carbocycles. The van der Waals surface area contributed by atoms with E-state index in [0.29, 0.717) is 17.3 Å². The zero-order valence-corrected chi connectivity index (χ0v) is 16.2. The second-order valence-corrected chi connectivity index (χ2v) is 7.44. The first kappa shape index (κ1) is 17.8. The summed E-state index contributed by atoms with van der Waals surface area (Å²) < 4.78 is 6.51. The Hall–Kier alpha value is -2.06. The van der Waals surface area contributed by atoms with Crippen LogP contribution in [0.5, 0.6) is 5.75 Å². The van der Waals surface area contributed by atoms with Gasteiger partial charge in [-0.25, -0.2) is 4.98 Å². The molecular weight excluding hydrogens is 378 g/mol. The van der Waals surface area contributed by atoms with Gasteiger partial charge in [0, 0.05) is 21.3 Å². The number of nitrogens with zero attached hydrogens (tertiary/aromatic N) is 2. The van der Waals surface area contributed by atoms with Gasteiger partial charge in [-0.1, -0.05) is 35.7 Å². The fraction of sp³-hybridized carbons (Fsp3) is 0.400. The van der Waals surface area contributed by atoms with Gasteiger partial charge in [0.25, 0.3) is 0 Å². The topological polar surface area (TPSA) is 71.9 Å². The highest BCUT2D eigenvalue weighted by Gasteiger charge is 2.27. The molecule has 1 aromatic carbocycles. The molecule has 1 aliphatic rings. The predicted octanol–water partition coefficient (Wildman–Crippen LogP) is 4.88. The number of nitrogen functional groups attached to an aromatic ring is 1. The number of aryl methyl sites for hydroxylation is 1. The summed E-state index contributed by atoms with van der Waals surface area (Å²) in [7, 11) is 1.65. The number of aromatic nitrogens is 1. The number of ether oxygens (including phenoxy) is 1. The monoisotopic (exact) mass is 399 g/mol. The summed E-state index contributed by atoms with van der Waals surface area (Å²) in [6.45, 7) is 2.22. The van der Waals surface area contributed by atoms with Crippen molar-refractivity contribution in [3.8, 4) is 22.9 Å². The van der Waals surface area contributed by atoms with E-state index in [9.17, 15) is 5.26 Å². The van der Waals surface area contributed by atoms with Crippen LogP contribution in [0.1, 0.15) is 43.0 Å². The Labute approximate surface area is 157 Å². The van der Waals surface area contributed by atoms with Crippen molar-refractivity contribution in [3.05, 3.63) is 39.5 Å². The van der Waals surface area contributed by atoms with Crippen LogP contribution in [0.25, 0.3) is 11.1 Å². The molecule has 1 unspecified atom stereocenters. The first-order valence-corrected chi connectivity index (χ1v) is 9.43. The number of benzene rings is 1. The fourth-order valence-electron chi connectivity index (χ4n) is 3.79. The van der Waals surface area contributed by atoms with Crippen LogP contribution < -0.4 is 10.5 Å². The number of fused-ring (bicyclic) bond motifs is 1. The second-order valence-electron chi connectivity index (χ2n) is 6.53. The number of hydrogen-bond donors (Lipinski definition) is 1. The van der Waals surface area contributed by atoms with Crippen molar-refractivity contribution in [3.63, 3.8) is 0 Å². The lowest BCUT2D eigenvalue weighted by Crippen LogP contribution is -2.18. The van der Waals surface area contributed by atoms with Gasteiger partial charge in [0.15, 0.2) is 0 Å². The van der Waals surface area contributed by atoms with E-state index in [1.165, 1.54) is 12.8 Å². The molecule has 2 N–H and O–H groups in total. The average Bonchev–Trinajstić information content (AvgIpc) is 2.61.